The first-order valence-electron chi connectivity index (χ1n) is 8.02. The van der Waals surface area contributed by atoms with Crippen molar-refractivity contribution >= 4 is 17.6 Å². The van der Waals surface area contributed by atoms with Gasteiger partial charge in [0.25, 0.3) is 0 Å². The second-order valence-corrected chi connectivity index (χ2v) is 8.05. The molecule has 1 aromatic rings. The summed E-state index contributed by atoms with van der Waals surface area (Å²) in [5, 5.41) is 6.19. The van der Waals surface area contributed by atoms with Crippen LogP contribution < -0.4 is 16.4 Å². The lowest BCUT2D eigenvalue weighted by molar-refractivity contribution is 0.0523. The SMILES string of the molecule is CC1(C)CC(Nc2ncc(N)cc2CNC(=O)OC(C)(C)C)C1. The van der Waals surface area contributed by atoms with Gasteiger partial charge in [-0.25, -0.2) is 9.78 Å². The molecule has 0 aromatic carbocycles. The third kappa shape index (κ3) is 5.30. The zero-order valence-electron chi connectivity index (χ0n) is 14.7. The minimum absolute atomic E-state index is 0.325. The highest BCUT2D eigenvalue weighted by Gasteiger charge is 2.36. The van der Waals surface area contributed by atoms with Gasteiger partial charge in [-0.15, -0.1) is 0 Å². The van der Waals surface area contributed by atoms with E-state index in [1.165, 1.54) is 0 Å². The Morgan fingerprint density at radius 3 is 2.65 bits per heavy atom. The van der Waals surface area contributed by atoms with Gasteiger partial charge in [0, 0.05) is 18.2 Å². The zero-order chi connectivity index (χ0) is 17.3. The maximum atomic E-state index is 11.8. The summed E-state index contributed by atoms with van der Waals surface area (Å²) < 4.78 is 5.25. The summed E-state index contributed by atoms with van der Waals surface area (Å²) in [5.41, 5.74) is 7.13. The van der Waals surface area contributed by atoms with E-state index < -0.39 is 11.7 Å². The molecular formula is C17H28N4O2. The third-order valence-corrected chi connectivity index (χ3v) is 3.75. The first-order chi connectivity index (χ1) is 10.5. The van der Waals surface area contributed by atoms with Crippen LogP contribution in [0, 0.1) is 5.41 Å². The first kappa shape index (κ1) is 17.4. The number of nitrogens with two attached hydrogens (primary N) is 1. The number of ether oxygens (including phenoxy) is 1. The van der Waals surface area contributed by atoms with E-state index in [-0.39, 0.29) is 0 Å². The number of hydrogen-bond acceptors (Lipinski definition) is 5. The van der Waals surface area contributed by atoms with E-state index in [9.17, 15) is 4.79 Å². The monoisotopic (exact) mass is 320 g/mol. The second kappa shape index (κ2) is 6.26. The minimum Gasteiger partial charge on any atom is -0.444 e. The molecule has 1 fully saturated rings. The van der Waals surface area contributed by atoms with Gasteiger partial charge in [0.05, 0.1) is 11.9 Å². The van der Waals surface area contributed by atoms with Crippen molar-refractivity contribution in [3.8, 4) is 0 Å². The lowest BCUT2D eigenvalue weighted by atomic mass is 9.68. The van der Waals surface area contributed by atoms with E-state index >= 15 is 0 Å². The molecule has 1 aliphatic rings. The molecular weight excluding hydrogens is 292 g/mol. The van der Waals surface area contributed by atoms with Crippen molar-refractivity contribution in [3.05, 3.63) is 17.8 Å². The lowest BCUT2D eigenvalue weighted by Gasteiger charge is -2.43. The van der Waals surface area contributed by atoms with Crippen LogP contribution in [-0.2, 0) is 11.3 Å². The first-order valence-corrected chi connectivity index (χ1v) is 8.02. The molecule has 6 nitrogen and oxygen atoms in total. The number of rotatable bonds is 4. The van der Waals surface area contributed by atoms with Gasteiger partial charge in [-0.3, -0.25) is 0 Å². The minimum atomic E-state index is -0.517. The molecule has 4 N–H and O–H groups in total. The summed E-state index contributed by atoms with van der Waals surface area (Å²) >= 11 is 0. The number of nitrogens with zero attached hydrogens (tertiary/aromatic N) is 1. The number of nitrogen functional groups attached to an aromatic ring is 1. The Kier molecular flexibility index (Phi) is 4.73. The van der Waals surface area contributed by atoms with Crippen LogP contribution in [0.1, 0.15) is 53.0 Å². The Morgan fingerprint density at radius 1 is 1.43 bits per heavy atom. The van der Waals surface area contributed by atoms with Crippen molar-refractivity contribution in [2.45, 2.75) is 65.6 Å². The van der Waals surface area contributed by atoms with Crippen LogP contribution >= 0.6 is 0 Å². The van der Waals surface area contributed by atoms with E-state index in [0.717, 1.165) is 24.2 Å². The Labute approximate surface area is 138 Å². The number of carbonyl (C=O) groups excluding carboxylic acids is 1. The number of nitrogens with one attached hydrogen (secondary N) is 2. The van der Waals surface area contributed by atoms with E-state index in [1.807, 2.05) is 26.8 Å². The molecule has 128 valence electrons. The molecule has 1 aromatic heterocycles. The van der Waals surface area contributed by atoms with Gasteiger partial charge in [0.15, 0.2) is 0 Å². The van der Waals surface area contributed by atoms with E-state index in [0.29, 0.717) is 23.7 Å². The number of alkyl carbamates (subject to hydrolysis) is 1. The molecule has 0 spiro atoms. The van der Waals surface area contributed by atoms with Crippen LogP contribution in [0.25, 0.3) is 0 Å². The molecule has 0 saturated heterocycles. The number of carbonyl (C=O) groups is 1. The van der Waals surface area contributed by atoms with E-state index in [4.69, 9.17) is 10.5 Å². The molecule has 1 saturated carbocycles. The van der Waals surface area contributed by atoms with Gasteiger partial charge in [-0.1, -0.05) is 13.8 Å². The topological polar surface area (TPSA) is 89.3 Å². The lowest BCUT2D eigenvalue weighted by Crippen LogP contribution is -2.41. The van der Waals surface area contributed by atoms with Crippen molar-refractivity contribution in [3.63, 3.8) is 0 Å². The zero-order valence-corrected chi connectivity index (χ0v) is 14.7. The third-order valence-electron chi connectivity index (χ3n) is 3.75. The smallest absolute Gasteiger partial charge is 0.407 e. The molecule has 1 heterocycles. The average Bonchev–Trinajstić information content (AvgIpc) is 2.34. The van der Waals surface area contributed by atoms with Gasteiger partial charge in [-0.05, 0) is 45.1 Å². The fourth-order valence-corrected chi connectivity index (χ4v) is 2.84. The largest absolute Gasteiger partial charge is 0.444 e. The Morgan fingerprint density at radius 2 is 2.09 bits per heavy atom. The fraction of sp³-hybridized carbons (Fsp3) is 0.647. The van der Waals surface area contributed by atoms with Crippen molar-refractivity contribution < 1.29 is 9.53 Å². The van der Waals surface area contributed by atoms with Gasteiger partial charge in [0.1, 0.15) is 11.4 Å². The highest BCUT2D eigenvalue weighted by atomic mass is 16.6. The number of anilines is 2. The molecule has 1 aliphatic carbocycles. The van der Waals surface area contributed by atoms with Crippen molar-refractivity contribution in [2.24, 2.45) is 5.41 Å². The molecule has 6 heteroatoms. The van der Waals surface area contributed by atoms with E-state index in [2.05, 4.69) is 29.5 Å². The van der Waals surface area contributed by atoms with Crippen molar-refractivity contribution in [2.75, 3.05) is 11.1 Å². The van der Waals surface area contributed by atoms with Crippen molar-refractivity contribution in [1.29, 1.82) is 0 Å². The highest BCUT2D eigenvalue weighted by Crippen LogP contribution is 2.41. The van der Waals surface area contributed by atoms with Gasteiger partial charge < -0.3 is 21.1 Å². The van der Waals surface area contributed by atoms with Crippen LogP contribution in [0.5, 0.6) is 0 Å². The molecule has 1 amide bonds. The van der Waals surface area contributed by atoms with Crippen molar-refractivity contribution in [1.82, 2.24) is 10.3 Å². The Balaban J connectivity index is 1.97. The molecule has 23 heavy (non-hydrogen) atoms. The quantitative estimate of drug-likeness (QED) is 0.792. The van der Waals surface area contributed by atoms with Gasteiger partial charge >= 0.3 is 6.09 Å². The molecule has 2 rings (SSSR count). The summed E-state index contributed by atoms with van der Waals surface area (Å²) in [6, 6.07) is 2.25. The number of aromatic nitrogens is 1. The summed E-state index contributed by atoms with van der Waals surface area (Å²) in [4.78, 5) is 16.2. The van der Waals surface area contributed by atoms with Crippen LogP contribution in [0.15, 0.2) is 12.3 Å². The molecule has 0 bridgehead atoms. The summed E-state index contributed by atoms with van der Waals surface area (Å²) in [6.07, 6.45) is 3.40. The van der Waals surface area contributed by atoms with Gasteiger partial charge in [0.2, 0.25) is 0 Å². The summed E-state index contributed by atoms with van der Waals surface area (Å²) in [5.74, 6) is 0.774. The predicted octanol–water partition coefficient (Wildman–Crippen LogP) is 3.29. The standard InChI is InChI=1S/C17H28N4O2/c1-16(2,3)23-15(22)20-9-11-6-12(18)10-19-14(11)21-13-7-17(4,5)8-13/h6,10,13H,7-9,18H2,1-5H3,(H,19,21)(H,20,22). The van der Waals surface area contributed by atoms with Crippen LogP contribution in [0.2, 0.25) is 0 Å². The Bertz CT molecular complexity index is 570. The maximum absolute atomic E-state index is 11.8. The summed E-state index contributed by atoms with van der Waals surface area (Å²) in [7, 11) is 0. The number of hydrogen-bond donors (Lipinski definition) is 3. The fourth-order valence-electron chi connectivity index (χ4n) is 2.84. The molecule has 0 unspecified atom stereocenters. The number of pyridine rings is 1. The molecule has 0 atom stereocenters. The molecule has 0 radical (unpaired) electrons. The van der Waals surface area contributed by atoms with Crippen LogP contribution in [0.4, 0.5) is 16.3 Å². The highest BCUT2D eigenvalue weighted by molar-refractivity contribution is 5.68. The van der Waals surface area contributed by atoms with Crippen LogP contribution in [-0.4, -0.2) is 22.7 Å². The second-order valence-electron chi connectivity index (χ2n) is 8.05. The summed E-state index contributed by atoms with van der Waals surface area (Å²) in [6.45, 7) is 10.3. The Hall–Kier alpha value is -1.98. The maximum Gasteiger partial charge on any atom is 0.407 e. The average molecular weight is 320 g/mol. The number of amides is 1. The predicted molar refractivity (Wildman–Crippen MR) is 92.1 cm³/mol. The van der Waals surface area contributed by atoms with Crippen LogP contribution in [0.3, 0.4) is 0 Å². The van der Waals surface area contributed by atoms with E-state index in [1.54, 1.807) is 6.20 Å². The normalized spacial score (nSPS) is 17.3. The van der Waals surface area contributed by atoms with Gasteiger partial charge in [-0.2, -0.15) is 0 Å². The molecule has 0 aliphatic heterocycles.